The monoisotopic (exact) mass is 361 g/mol. The van der Waals surface area contributed by atoms with Crippen molar-refractivity contribution in [2.24, 2.45) is 0 Å². The molecular weight excluding hydrogens is 342 g/mol. The molecule has 0 fully saturated rings. The van der Waals surface area contributed by atoms with E-state index in [0.717, 1.165) is 11.3 Å². The molecule has 4 rings (SSSR count). The first-order valence-corrected chi connectivity index (χ1v) is 8.59. The van der Waals surface area contributed by atoms with Crippen molar-refractivity contribution in [3.05, 3.63) is 72.9 Å². The van der Waals surface area contributed by atoms with E-state index >= 15 is 0 Å². The van der Waals surface area contributed by atoms with Crippen LogP contribution >= 0.6 is 0 Å². The minimum Gasteiger partial charge on any atom is -0.338 e. The first-order valence-electron chi connectivity index (χ1n) is 8.59. The second-order valence-corrected chi connectivity index (χ2v) is 6.28. The summed E-state index contributed by atoms with van der Waals surface area (Å²) in [7, 11) is 2.03. The Kier molecular flexibility index (Phi) is 4.71. The van der Waals surface area contributed by atoms with Gasteiger partial charge in [-0.15, -0.1) is 0 Å². The van der Waals surface area contributed by atoms with Crippen molar-refractivity contribution in [3.63, 3.8) is 0 Å². The minimum absolute atomic E-state index is 0.184. The summed E-state index contributed by atoms with van der Waals surface area (Å²) in [6.07, 6.45) is 6.64. The highest BCUT2D eigenvalue weighted by molar-refractivity contribution is 5.51. The third kappa shape index (κ3) is 3.75. The molecule has 0 aliphatic rings. The lowest BCUT2D eigenvalue weighted by Crippen LogP contribution is -2.22. The molecule has 0 spiro atoms. The molecule has 0 aliphatic heterocycles. The Morgan fingerprint density at radius 1 is 1.15 bits per heavy atom. The summed E-state index contributed by atoms with van der Waals surface area (Å²) in [5.41, 5.74) is 3.00. The Hall–Kier alpha value is -3.39. The lowest BCUT2D eigenvalue weighted by Gasteiger charge is -2.23. The fraction of sp³-hybridized carbons (Fsp3) is 0.211. The van der Waals surface area contributed by atoms with Gasteiger partial charge in [-0.2, -0.15) is 10.1 Å². The van der Waals surface area contributed by atoms with Gasteiger partial charge in [-0.3, -0.25) is 9.88 Å². The van der Waals surface area contributed by atoms with E-state index in [-0.39, 0.29) is 6.04 Å². The smallest absolute Gasteiger partial charge is 0.241 e. The molecule has 0 amide bonds. The lowest BCUT2D eigenvalue weighted by atomic mass is 10.1. The molecule has 0 N–H and O–H groups in total. The highest BCUT2D eigenvalue weighted by atomic mass is 16.5. The van der Waals surface area contributed by atoms with E-state index in [2.05, 4.69) is 49.2 Å². The highest BCUT2D eigenvalue weighted by Gasteiger charge is 2.16. The van der Waals surface area contributed by atoms with E-state index in [1.807, 2.05) is 31.3 Å². The molecular formula is C19H19N7O. The molecule has 27 heavy (non-hydrogen) atoms. The largest absolute Gasteiger partial charge is 0.338 e. The van der Waals surface area contributed by atoms with Gasteiger partial charge in [-0.1, -0.05) is 17.3 Å². The fourth-order valence-electron chi connectivity index (χ4n) is 2.78. The second kappa shape index (κ2) is 7.46. The van der Waals surface area contributed by atoms with E-state index in [1.54, 1.807) is 23.4 Å². The van der Waals surface area contributed by atoms with Crippen molar-refractivity contribution in [3.8, 4) is 17.1 Å². The predicted octanol–water partition coefficient (Wildman–Crippen LogP) is 2.91. The van der Waals surface area contributed by atoms with Gasteiger partial charge in [0.25, 0.3) is 0 Å². The van der Waals surface area contributed by atoms with Crippen LogP contribution in [0.1, 0.15) is 24.4 Å². The molecule has 0 aliphatic carbocycles. The average Bonchev–Trinajstić information content (AvgIpc) is 3.40. The van der Waals surface area contributed by atoms with E-state index in [9.17, 15) is 0 Å². The van der Waals surface area contributed by atoms with Gasteiger partial charge in [0, 0.05) is 24.0 Å². The van der Waals surface area contributed by atoms with E-state index in [0.29, 0.717) is 18.3 Å². The Labute approximate surface area is 156 Å². The normalized spacial score (nSPS) is 12.4. The number of hydrogen-bond acceptors (Lipinski definition) is 7. The third-order valence-corrected chi connectivity index (χ3v) is 4.49. The zero-order chi connectivity index (χ0) is 18.6. The average molecular weight is 361 g/mol. The molecule has 0 saturated heterocycles. The fourth-order valence-corrected chi connectivity index (χ4v) is 2.78. The summed E-state index contributed by atoms with van der Waals surface area (Å²) in [4.78, 5) is 14.7. The van der Waals surface area contributed by atoms with Crippen molar-refractivity contribution in [1.29, 1.82) is 0 Å². The van der Waals surface area contributed by atoms with Crippen molar-refractivity contribution >= 4 is 0 Å². The summed E-state index contributed by atoms with van der Waals surface area (Å²) in [5, 5.41) is 8.19. The summed E-state index contributed by atoms with van der Waals surface area (Å²) >= 11 is 0. The lowest BCUT2D eigenvalue weighted by molar-refractivity contribution is 0.216. The zero-order valence-electron chi connectivity index (χ0n) is 15.1. The summed E-state index contributed by atoms with van der Waals surface area (Å²) in [6.45, 7) is 2.70. The van der Waals surface area contributed by atoms with Gasteiger partial charge >= 0.3 is 0 Å². The van der Waals surface area contributed by atoms with Gasteiger partial charge in [0.15, 0.2) is 0 Å². The van der Waals surface area contributed by atoms with Gasteiger partial charge in [-0.25, -0.2) is 9.67 Å². The van der Waals surface area contributed by atoms with Crippen LogP contribution in [0.5, 0.6) is 0 Å². The van der Waals surface area contributed by atoms with Gasteiger partial charge in [0.1, 0.15) is 12.7 Å². The van der Waals surface area contributed by atoms with Crippen LogP contribution in [0.4, 0.5) is 0 Å². The number of nitrogens with zero attached hydrogens (tertiary/aromatic N) is 7. The maximum absolute atomic E-state index is 5.39. The molecule has 0 bridgehead atoms. The molecule has 0 saturated carbocycles. The van der Waals surface area contributed by atoms with Gasteiger partial charge in [0.05, 0.1) is 12.2 Å². The highest BCUT2D eigenvalue weighted by Crippen LogP contribution is 2.22. The first-order chi connectivity index (χ1) is 13.2. The van der Waals surface area contributed by atoms with E-state index in [4.69, 9.17) is 4.52 Å². The molecule has 4 aromatic rings. The van der Waals surface area contributed by atoms with Crippen molar-refractivity contribution < 1.29 is 4.52 Å². The Balaban J connectivity index is 1.43. The Morgan fingerprint density at radius 3 is 2.70 bits per heavy atom. The van der Waals surface area contributed by atoms with E-state index in [1.165, 1.54) is 11.9 Å². The van der Waals surface area contributed by atoms with Crippen LogP contribution in [-0.2, 0) is 6.54 Å². The Morgan fingerprint density at radius 2 is 2.00 bits per heavy atom. The maximum Gasteiger partial charge on any atom is 0.241 e. The molecule has 1 atom stereocenters. The van der Waals surface area contributed by atoms with Crippen molar-refractivity contribution in [1.82, 2.24) is 34.8 Å². The molecule has 1 aromatic carbocycles. The van der Waals surface area contributed by atoms with Crippen molar-refractivity contribution in [2.45, 2.75) is 19.5 Å². The van der Waals surface area contributed by atoms with Crippen LogP contribution in [0.3, 0.4) is 0 Å². The van der Waals surface area contributed by atoms with Crippen LogP contribution in [0, 0.1) is 0 Å². The van der Waals surface area contributed by atoms with Gasteiger partial charge in [0.2, 0.25) is 11.7 Å². The molecule has 136 valence electrons. The molecule has 3 aromatic heterocycles. The van der Waals surface area contributed by atoms with Gasteiger partial charge in [-0.05, 0) is 43.8 Å². The summed E-state index contributed by atoms with van der Waals surface area (Å²) < 4.78 is 7.13. The molecule has 3 heterocycles. The zero-order valence-corrected chi connectivity index (χ0v) is 15.1. The second-order valence-electron chi connectivity index (χ2n) is 6.28. The maximum atomic E-state index is 5.39. The van der Waals surface area contributed by atoms with Crippen LogP contribution in [0.2, 0.25) is 0 Å². The SMILES string of the molecule is CC(c1ccc(-n2cncn2)cc1)N(C)Cc1nc(-c2cccnc2)no1. The molecule has 8 heteroatoms. The van der Waals surface area contributed by atoms with Crippen LogP contribution in [-0.4, -0.2) is 41.8 Å². The van der Waals surface area contributed by atoms with Crippen LogP contribution in [0.25, 0.3) is 17.1 Å². The van der Waals surface area contributed by atoms with E-state index < -0.39 is 0 Å². The minimum atomic E-state index is 0.184. The molecule has 0 radical (unpaired) electrons. The first kappa shape index (κ1) is 17.0. The summed E-state index contributed by atoms with van der Waals surface area (Å²) in [6, 6.07) is 12.2. The standard InChI is InChI=1S/C19H19N7O/c1-14(15-5-7-17(8-6-15)26-13-21-12-22-26)25(2)11-18-23-19(24-27-18)16-4-3-9-20-10-16/h3-10,12-14H,11H2,1-2H3. The summed E-state index contributed by atoms with van der Waals surface area (Å²) in [5.74, 6) is 1.12. The molecule has 8 nitrogen and oxygen atoms in total. The number of benzene rings is 1. The van der Waals surface area contributed by atoms with Gasteiger partial charge < -0.3 is 4.52 Å². The van der Waals surface area contributed by atoms with Crippen LogP contribution < -0.4 is 0 Å². The number of rotatable bonds is 6. The topological polar surface area (TPSA) is 85.8 Å². The van der Waals surface area contributed by atoms with Crippen LogP contribution in [0.15, 0.2) is 66.0 Å². The quantitative estimate of drug-likeness (QED) is 0.522. The van der Waals surface area contributed by atoms with Crippen molar-refractivity contribution in [2.75, 3.05) is 7.05 Å². The number of aromatic nitrogens is 6. The molecule has 1 unspecified atom stereocenters. The number of hydrogen-bond donors (Lipinski definition) is 0. The predicted molar refractivity (Wildman–Crippen MR) is 98.8 cm³/mol. The third-order valence-electron chi connectivity index (χ3n) is 4.49. The number of pyridine rings is 1. The Bertz CT molecular complexity index is 981.